The lowest BCUT2D eigenvalue weighted by atomic mass is 9.89. The van der Waals surface area contributed by atoms with Crippen molar-refractivity contribution in [1.29, 1.82) is 0 Å². The first kappa shape index (κ1) is 29.0. The first-order valence-electron chi connectivity index (χ1n) is 10.8. The maximum absolute atomic E-state index is 14.0. The average molecular weight is 605 g/mol. The minimum absolute atomic E-state index is 0.00826. The fourth-order valence-corrected chi connectivity index (χ4v) is 4.45. The molecule has 0 radical (unpaired) electrons. The monoisotopic (exact) mass is 604 g/mol. The number of nitro groups is 1. The van der Waals surface area contributed by atoms with Gasteiger partial charge in [-0.25, -0.2) is 0 Å². The highest BCUT2D eigenvalue weighted by Crippen LogP contribution is 2.42. The molecule has 202 valence electrons. The Hall–Kier alpha value is -3.61. The Kier molecular flexibility index (Phi) is 8.70. The molecule has 0 unspecified atom stereocenters. The quantitative estimate of drug-likeness (QED) is 0.158. The molecule has 0 bridgehead atoms. The van der Waals surface area contributed by atoms with Crippen molar-refractivity contribution in [2.45, 2.75) is 30.9 Å². The molecule has 3 aromatic carbocycles. The molecule has 0 aromatic heterocycles. The number of halogens is 7. The average Bonchev–Trinajstić information content (AvgIpc) is 2.86. The fraction of sp³-hybridized carbons (Fsp3) is 0.240. The predicted molar refractivity (Wildman–Crippen MR) is 129 cm³/mol. The normalized spacial score (nSPS) is 13.5. The minimum Gasteiger partial charge on any atom is -0.497 e. The summed E-state index contributed by atoms with van der Waals surface area (Å²) >= 11 is 3.21. The zero-order valence-electron chi connectivity index (χ0n) is 19.5. The van der Waals surface area contributed by atoms with Crippen molar-refractivity contribution in [3.05, 3.63) is 104 Å². The molecule has 3 rings (SSSR count). The molecule has 0 aliphatic heterocycles. The van der Waals surface area contributed by atoms with E-state index >= 15 is 0 Å². The van der Waals surface area contributed by atoms with Gasteiger partial charge in [0.2, 0.25) is 6.04 Å². The van der Waals surface area contributed by atoms with Crippen LogP contribution in [0.15, 0.2) is 77.3 Å². The highest BCUT2D eigenvalue weighted by Gasteiger charge is 2.51. The van der Waals surface area contributed by atoms with Crippen molar-refractivity contribution in [2.24, 2.45) is 0 Å². The Labute approximate surface area is 221 Å². The van der Waals surface area contributed by atoms with E-state index in [1.54, 1.807) is 6.07 Å². The summed E-state index contributed by atoms with van der Waals surface area (Å²) in [5.41, 5.74) is -2.52. The molecule has 0 fully saturated rings. The molecule has 0 saturated carbocycles. The van der Waals surface area contributed by atoms with E-state index in [1.165, 1.54) is 37.4 Å². The maximum atomic E-state index is 14.0. The molecule has 0 N–H and O–H groups in total. The number of carbonyl (C=O) groups is 1. The Bertz CT molecular complexity index is 1300. The molecular formula is C25H19BrF6N2O4. The standard InChI is InChI=1S/C25H19BrF6N2O4/c1-38-17-12-10-16(11-13-17)33(23(35)25(30,31)32)22(18-7-3-4-8-19(18)24(27,28)29)21(34(36)37)14-15-6-2-5-9-20(15)26/h2-13,21-22H,14H2,1H3/t21-,22+/m0/s1. The lowest BCUT2D eigenvalue weighted by molar-refractivity contribution is -0.526. The molecular weight excluding hydrogens is 586 g/mol. The van der Waals surface area contributed by atoms with Crippen LogP contribution in [0.25, 0.3) is 0 Å². The summed E-state index contributed by atoms with van der Waals surface area (Å²) < 4.78 is 89.1. The molecule has 3 aromatic rings. The maximum Gasteiger partial charge on any atom is 0.471 e. The lowest BCUT2D eigenvalue weighted by Crippen LogP contribution is -2.50. The molecule has 0 heterocycles. The van der Waals surface area contributed by atoms with E-state index < -0.39 is 58.5 Å². The minimum atomic E-state index is -5.57. The summed E-state index contributed by atoms with van der Waals surface area (Å²) in [6.07, 6.45) is -11.3. The van der Waals surface area contributed by atoms with Gasteiger partial charge in [-0.05, 0) is 47.5 Å². The smallest absolute Gasteiger partial charge is 0.471 e. The summed E-state index contributed by atoms with van der Waals surface area (Å²) in [6.45, 7) is 0. The van der Waals surface area contributed by atoms with Crippen molar-refractivity contribution in [1.82, 2.24) is 0 Å². The lowest BCUT2D eigenvalue weighted by Gasteiger charge is -2.35. The molecule has 6 nitrogen and oxygen atoms in total. The summed E-state index contributed by atoms with van der Waals surface area (Å²) in [4.78, 5) is 24.2. The topological polar surface area (TPSA) is 72.7 Å². The van der Waals surface area contributed by atoms with Gasteiger partial charge < -0.3 is 4.74 Å². The summed E-state index contributed by atoms with van der Waals surface area (Å²) in [6, 6.07) is 9.58. The van der Waals surface area contributed by atoms with E-state index in [2.05, 4.69) is 15.9 Å². The van der Waals surface area contributed by atoms with Crippen LogP contribution in [0.1, 0.15) is 22.7 Å². The van der Waals surface area contributed by atoms with Crippen LogP contribution < -0.4 is 9.64 Å². The van der Waals surface area contributed by atoms with Gasteiger partial charge in [-0.15, -0.1) is 0 Å². The highest BCUT2D eigenvalue weighted by molar-refractivity contribution is 9.10. The third-order valence-corrected chi connectivity index (χ3v) is 6.47. The molecule has 2 atom stereocenters. The Morgan fingerprint density at radius 1 is 0.974 bits per heavy atom. The van der Waals surface area contributed by atoms with Gasteiger partial charge in [-0.2, -0.15) is 26.3 Å². The molecule has 38 heavy (non-hydrogen) atoms. The van der Waals surface area contributed by atoms with E-state index in [0.717, 1.165) is 30.3 Å². The van der Waals surface area contributed by atoms with Gasteiger partial charge in [0.25, 0.3) is 0 Å². The van der Waals surface area contributed by atoms with Crippen LogP contribution in [-0.4, -0.2) is 30.2 Å². The van der Waals surface area contributed by atoms with Crippen molar-refractivity contribution < 1.29 is 40.8 Å². The molecule has 0 spiro atoms. The van der Waals surface area contributed by atoms with Crippen LogP contribution in [0.4, 0.5) is 32.0 Å². The Balaban J connectivity index is 2.36. The van der Waals surface area contributed by atoms with Crippen molar-refractivity contribution in [3.8, 4) is 5.75 Å². The number of ether oxygens (including phenoxy) is 1. The van der Waals surface area contributed by atoms with Crippen LogP contribution in [-0.2, 0) is 17.4 Å². The van der Waals surface area contributed by atoms with E-state index in [-0.39, 0.29) is 16.2 Å². The number of nitrogens with zero attached hydrogens (tertiary/aromatic N) is 2. The highest BCUT2D eigenvalue weighted by atomic mass is 79.9. The first-order chi connectivity index (χ1) is 17.8. The van der Waals surface area contributed by atoms with Gasteiger partial charge in [0.15, 0.2) is 0 Å². The van der Waals surface area contributed by atoms with Gasteiger partial charge in [-0.1, -0.05) is 52.3 Å². The van der Waals surface area contributed by atoms with Gasteiger partial charge in [0.05, 0.1) is 12.7 Å². The van der Waals surface area contributed by atoms with E-state index in [0.29, 0.717) is 10.5 Å². The number of hydrogen-bond acceptors (Lipinski definition) is 4. The number of amides is 1. The van der Waals surface area contributed by atoms with Crippen LogP contribution in [0.3, 0.4) is 0 Å². The van der Waals surface area contributed by atoms with Gasteiger partial charge in [0, 0.05) is 21.5 Å². The van der Waals surface area contributed by atoms with Crippen LogP contribution >= 0.6 is 15.9 Å². The third-order valence-electron chi connectivity index (χ3n) is 5.70. The van der Waals surface area contributed by atoms with Crippen LogP contribution in [0.5, 0.6) is 5.75 Å². The zero-order chi connectivity index (χ0) is 28.3. The fourth-order valence-electron chi connectivity index (χ4n) is 4.01. The number of carbonyl (C=O) groups excluding carboxylic acids is 1. The van der Waals surface area contributed by atoms with E-state index in [1.807, 2.05) is 0 Å². The van der Waals surface area contributed by atoms with Crippen molar-refractivity contribution >= 4 is 27.5 Å². The number of hydrogen-bond donors (Lipinski definition) is 0. The SMILES string of the molecule is COc1ccc(N(C(=O)C(F)(F)F)[C@H](c2ccccc2C(F)(F)F)[C@H](Cc2ccccc2Br)[N+](=O)[O-])cc1. The second-order valence-corrected chi connectivity index (χ2v) is 8.90. The van der Waals surface area contributed by atoms with Crippen molar-refractivity contribution in [2.75, 3.05) is 12.0 Å². The zero-order valence-corrected chi connectivity index (χ0v) is 21.0. The molecule has 0 saturated heterocycles. The van der Waals surface area contributed by atoms with Gasteiger partial charge >= 0.3 is 18.3 Å². The Morgan fingerprint density at radius 3 is 2.08 bits per heavy atom. The first-order valence-corrected chi connectivity index (χ1v) is 11.6. The van der Waals surface area contributed by atoms with E-state index in [4.69, 9.17) is 4.74 Å². The Morgan fingerprint density at radius 2 is 1.55 bits per heavy atom. The summed E-state index contributed by atoms with van der Waals surface area (Å²) in [7, 11) is 1.27. The third kappa shape index (κ3) is 6.44. The van der Waals surface area contributed by atoms with Crippen molar-refractivity contribution in [3.63, 3.8) is 0 Å². The number of alkyl halides is 6. The summed E-state index contributed by atoms with van der Waals surface area (Å²) in [5.74, 6) is -2.39. The largest absolute Gasteiger partial charge is 0.497 e. The molecule has 13 heteroatoms. The van der Waals surface area contributed by atoms with Gasteiger partial charge in [0.1, 0.15) is 11.8 Å². The van der Waals surface area contributed by atoms with Gasteiger partial charge in [-0.3, -0.25) is 19.8 Å². The van der Waals surface area contributed by atoms with E-state index in [9.17, 15) is 41.3 Å². The second-order valence-electron chi connectivity index (χ2n) is 8.05. The van der Waals surface area contributed by atoms with Crippen LogP contribution in [0.2, 0.25) is 0 Å². The number of methoxy groups -OCH3 is 1. The predicted octanol–water partition coefficient (Wildman–Crippen LogP) is 7.00. The number of rotatable bonds is 8. The molecule has 0 aliphatic rings. The number of benzene rings is 3. The second kappa shape index (κ2) is 11.4. The summed E-state index contributed by atoms with van der Waals surface area (Å²) in [5, 5.41) is 12.4. The number of anilines is 1. The molecule has 1 amide bonds. The molecule has 0 aliphatic carbocycles. The van der Waals surface area contributed by atoms with Crippen LogP contribution in [0, 0.1) is 10.1 Å².